The van der Waals surface area contributed by atoms with Crippen LogP contribution in [0.4, 0.5) is 0 Å². The fraction of sp³-hybridized carbons (Fsp3) is 0. The molecule has 0 saturated heterocycles. The van der Waals surface area contributed by atoms with Crippen LogP contribution in [-0.2, 0) is 0 Å². The van der Waals surface area contributed by atoms with Gasteiger partial charge in [-0.15, -0.1) is 0 Å². The summed E-state index contributed by atoms with van der Waals surface area (Å²) < 4.78 is 0. The third kappa shape index (κ3) is 3.12. The normalized spacial score (nSPS) is 10.9. The molecule has 0 N–H and O–H groups in total. The lowest BCUT2D eigenvalue weighted by molar-refractivity contribution is 1.57. The molecule has 0 bridgehead atoms. The van der Waals surface area contributed by atoms with Crippen LogP contribution in [0.3, 0.4) is 0 Å². The van der Waals surface area contributed by atoms with Crippen molar-refractivity contribution in [3.63, 3.8) is 0 Å². The Bertz CT molecular complexity index is 919. The summed E-state index contributed by atoms with van der Waals surface area (Å²) in [6, 6.07) is 14.8. The topological polar surface area (TPSA) is 0 Å². The summed E-state index contributed by atoms with van der Waals surface area (Å²) in [4.78, 5) is 0. The van der Waals surface area contributed by atoms with Gasteiger partial charge in [0.1, 0.15) is 0 Å². The third-order valence-electron chi connectivity index (χ3n) is 3.55. The number of rotatable bonds is 2. The van der Waals surface area contributed by atoms with Gasteiger partial charge in [-0.25, -0.2) is 0 Å². The van der Waals surface area contributed by atoms with Crippen LogP contribution in [0.5, 0.6) is 0 Å². The molecular formula is C18H8Cl6. The van der Waals surface area contributed by atoms with E-state index in [1.165, 1.54) is 0 Å². The monoisotopic (exact) mass is 434 g/mol. The van der Waals surface area contributed by atoms with E-state index in [0.717, 1.165) is 5.56 Å². The average Bonchev–Trinajstić information content (AvgIpc) is 2.59. The molecule has 0 radical (unpaired) electrons. The quantitative estimate of drug-likeness (QED) is 0.278. The highest BCUT2D eigenvalue weighted by Crippen LogP contribution is 2.51. The molecule has 6 heteroatoms. The Morgan fingerprint density at radius 2 is 1.04 bits per heavy atom. The molecule has 0 aliphatic heterocycles. The molecule has 122 valence electrons. The van der Waals surface area contributed by atoms with E-state index < -0.39 is 0 Å². The van der Waals surface area contributed by atoms with Gasteiger partial charge in [0.05, 0.1) is 30.1 Å². The lowest BCUT2D eigenvalue weighted by Gasteiger charge is -2.18. The van der Waals surface area contributed by atoms with Crippen molar-refractivity contribution >= 4 is 69.6 Å². The van der Waals surface area contributed by atoms with Gasteiger partial charge in [0.2, 0.25) is 0 Å². The summed E-state index contributed by atoms with van der Waals surface area (Å²) in [5, 5.41) is 1.73. The first-order chi connectivity index (χ1) is 11.4. The van der Waals surface area contributed by atoms with Gasteiger partial charge in [-0.3, -0.25) is 0 Å². The Kier molecular flexibility index (Phi) is 5.56. The minimum atomic E-state index is 0.175. The summed E-state index contributed by atoms with van der Waals surface area (Å²) >= 11 is 38.1. The Morgan fingerprint density at radius 1 is 0.458 bits per heavy atom. The molecule has 0 unspecified atom stereocenters. The number of halogens is 6. The molecule has 0 atom stereocenters. The third-order valence-corrected chi connectivity index (χ3v) is 6.17. The van der Waals surface area contributed by atoms with E-state index in [9.17, 15) is 0 Å². The van der Waals surface area contributed by atoms with Crippen molar-refractivity contribution in [3.8, 4) is 22.3 Å². The molecular weight excluding hydrogens is 429 g/mol. The van der Waals surface area contributed by atoms with E-state index >= 15 is 0 Å². The fourth-order valence-electron chi connectivity index (χ4n) is 2.46. The molecule has 3 aromatic carbocycles. The van der Waals surface area contributed by atoms with Crippen molar-refractivity contribution in [1.82, 2.24) is 0 Å². The van der Waals surface area contributed by atoms with Gasteiger partial charge >= 0.3 is 0 Å². The predicted molar refractivity (Wildman–Crippen MR) is 107 cm³/mol. The van der Waals surface area contributed by atoms with Gasteiger partial charge in [-0.1, -0.05) is 112 Å². The molecule has 0 aliphatic rings. The Morgan fingerprint density at radius 3 is 1.67 bits per heavy atom. The first kappa shape index (κ1) is 18.2. The highest BCUT2D eigenvalue weighted by molar-refractivity contribution is 6.54. The Hall–Kier alpha value is -0.600. The van der Waals surface area contributed by atoms with E-state index in [-0.39, 0.29) is 15.1 Å². The molecule has 0 nitrogen and oxygen atoms in total. The molecule has 0 aromatic heterocycles. The smallest absolute Gasteiger partial charge is 0.0800 e. The lowest BCUT2D eigenvalue weighted by atomic mass is 9.94. The minimum Gasteiger partial charge on any atom is -0.0827 e. The van der Waals surface area contributed by atoms with Crippen LogP contribution in [-0.4, -0.2) is 0 Å². The second-order valence-electron chi connectivity index (χ2n) is 4.97. The summed E-state index contributed by atoms with van der Waals surface area (Å²) in [6.45, 7) is 0. The van der Waals surface area contributed by atoms with E-state index in [2.05, 4.69) is 0 Å². The van der Waals surface area contributed by atoms with Crippen LogP contribution in [0.2, 0.25) is 30.1 Å². The molecule has 0 saturated carbocycles. The molecule has 0 aliphatic carbocycles. The number of hydrogen-bond acceptors (Lipinski definition) is 0. The first-order valence-electron chi connectivity index (χ1n) is 6.79. The number of hydrogen-bond donors (Lipinski definition) is 0. The van der Waals surface area contributed by atoms with Crippen LogP contribution in [0.1, 0.15) is 0 Å². The maximum atomic E-state index is 6.51. The number of benzene rings is 3. The molecule has 24 heavy (non-hydrogen) atoms. The Balaban J connectivity index is 2.47. The van der Waals surface area contributed by atoms with E-state index in [4.69, 9.17) is 69.6 Å². The summed E-state index contributed by atoms with van der Waals surface area (Å²) in [5.41, 5.74) is 2.72. The van der Waals surface area contributed by atoms with Crippen LogP contribution < -0.4 is 0 Å². The molecule has 0 heterocycles. The van der Waals surface area contributed by atoms with Gasteiger partial charge in [0.15, 0.2) is 0 Å². The van der Waals surface area contributed by atoms with Gasteiger partial charge in [-0.2, -0.15) is 0 Å². The first-order valence-corrected chi connectivity index (χ1v) is 9.06. The maximum Gasteiger partial charge on any atom is 0.0800 e. The molecule has 0 fully saturated rings. The lowest BCUT2D eigenvalue weighted by Crippen LogP contribution is -1.92. The summed E-state index contributed by atoms with van der Waals surface area (Å²) in [5.74, 6) is 0. The SMILES string of the molecule is Clc1cccc(-c2c(Cl)c(Cl)c(Cl)c(Cl)c2-c2ccccc2)c1Cl. The van der Waals surface area contributed by atoms with Crippen molar-refractivity contribution in [2.45, 2.75) is 0 Å². The van der Waals surface area contributed by atoms with Crippen molar-refractivity contribution in [2.24, 2.45) is 0 Å². The zero-order valence-corrected chi connectivity index (χ0v) is 16.4. The molecule has 3 rings (SSSR count). The second kappa shape index (κ2) is 7.33. The highest BCUT2D eigenvalue weighted by Gasteiger charge is 2.24. The van der Waals surface area contributed by atoms with E-state index in [1.807, 2.05) is 36.4 Å². The summed E-state index contributed by atoms with van der Waals surface area (Å²) in [7, 11) is 0. The zero-order valence-electron chi connectivity index (χ0n) is 11.9. The van der Waals surface area contributed by atoms with Crippen molar-refractivity contribution in [3.05, 3.63) is 78.7 Å². The molecule has 3 aromatic rings. The maximum absolute atomic E-state index is 6.51. The predicted octanol–water partition coefficient (Wildman–Crippen LogP) is 8.94. The largest absolute Gasteiger partial charge is 0.0827 e. The fourth-order valence-corrected chi connectivity index (χ4v) is 3.92. The van der Waals surface area contributed by atoms with Gasteiger partial charge in [-0.05, 0) is 11.6 Å². The zero-order chi connectivity index (χ0) is 17.4. The minimum absolute atomic E-state index is 0.175. The van der Waals surface area contributed by atoms with E-state index in [1.54, 1.807) is 12.1 Å². The van der Waals surface area contributed by atoms with Crippen LogP contribution in [0.15, 0.2) is 48.5 Å². The van der Waals surface area contributed by atoms with Gasteiger partial charge < -0.3 is 0 Å². The van der Waals surface area contributed by atoms with Crippen LogP contribution in [0.25, 0.3) is 22.3 Å². The summed E-state index contributed by atoms with van der Waals surface area (Å²) in [6.07, 6.45) is 0. The van der Waals surface area contributed by atoms with Crippen LogP contribution in [0, 0.1) is 0 Å². The second-order valence-corrected chi connectivity index (χ2v) is 7.27. The average molecular weight is 437 g/mol. The highest BCUT2D eigenvalue weighted by atomic mass is 35.5. The molecule has 0 spiro atoms. The van der Waals surface area contributed by atoms with Gasteiger partial charge in [0, 0.05) is 16.7 Å². The van der Waals surface area contributed by atoms with E-state index in [0.29, 0.717) is 31.8 Å². The van der Waals surface area contributed by atoms with Crippen molar-refractivity contribution in [1.29, 1.82) is 0 Å². The standard InChI is InChI=1S/C18H8Cl6/c19-11-8-4-7-10(14(11)20)13-12(9-5-2-1-3-6-9)15(21)17(23)18(24)16(13)22/h1-8H. The molecule has 0 amide bonds. The Labute approximate surface area is 169 Å². The van der Waals surface area contributed by atoms with Gasteiger partial charge in [0.25, 0.3) is 0 Å². The van der Waals surface area contributed by atoms with Crippen molar-refractivity contribution < 1.29 is 0 Å². The van der Waals surface area contributed by atoms with Crippen molar-refractivity contribution in [2.75, 3.05) is 0 Å². The van der Waals surface area contributed by atoms with Crippen LogP contribution >= 0.6 is 69.6 Å².